The predicted molar refractivity (Wildman–Crippen MR) is 72.5 cm³/mol. The molecule has 1 rings (SSSR count). The topological polar surface area (TPSA) is 77.2 Å². The summed E-state index contributed by atoms with van der Waals surface area (Å²) in [6, 6.07) is 1.71. The van der Waals surface area contributed by atoms with Gasteiger partial charge in [-0.2, -0.15) is 0 Å². The number of rotatable bonds is 6. The molecular weight excluding hydrogens is 254 g/mol. The smallest absolute Gasteiger partial charge is 0.330 e. The number of ether oxygens (including phenoxy) is 1. The van der Waals surface area contributed by atoms with Crippen molar-refractivity contribution in [2.75, 3.05) is 25.0 Å². The molecule has 0 saturated carbocycles. The molecule has 3 N–H and O–H groups in total. The number of halogens is 1. The van der Waals surface area contributed by atoms with Crippen LogP contribution in [0.1, 0.15) is 12.5 Å². The molecule has 0 aromatic carbocycles. The van der Waals surface area contributed by atoms with Crippen molar-refractivity contribution < 1.29 is 9.53 Å². The summed E-state index contributed by atoms with van der Waals surface area (Å²) in [6.45, 7) is 3.21. The van der Waals surface area contributed by atoms with Crippen LogP contribution in [0.4, 0.5) is 5.82 Å². The highest BCUT2D eigenvalue weighted by molar-refractivity contribution is 6.33. The lowest BCUT2D eigenvalue weighted by molar-refractivity contribution is -0.137. The van der Waals surface area contributed by atoms with Crippen LogP contribution in [0.15, 0.2) is 18.3 Å². The Balaban J connectivity index is 2.69. The maximum absolute atomic E-state index is 11.1. The van der Waals surface area contributed by atoms with Crippen molar-refractivity contribution >= 4 is 29.5 Å². The SMILES string of the molecule is CCOC(=O)C=Cc1cnc(NCCN)c(Cl)c1. The summed E-state index contributed by atoms with van der Waals surface area (Å²) in [5, 5.41) is 3.47. The number of nitrogens with two attached hydrogens (primary N) is 1. The van der Waals surface area contributed by atoms with Gasteiger partial charge >= 0.3 is 5.97 Å². The molecule has 6 heteroatoms. The van der Waals surface area contributed by atoms with Crippen LogP contribution >= 0.6 is 11.6 Å². The summed E-state index contributed by atoms with van der Waals surface area (Å²) in [5.74, 6) is 0.189. The third-order valence-corrected chi connectivity index (χ3v) is 2.29. The largest absolute Gasteiger partial charge is 0.463 e. The second-order valence-corrected chi connectivity index (χ2v) is 3.81. The van der Waals surface area contributed by atoms with Gasteiger partial charge in [-0.1, -0.05) is 11.6 Å². The Morgan fingerprint density at radius 1 is 1.67 bits per heavy atom. The first kappa shape index (κ1) is 14.5. The lowest BCUT2D eigenvalue weighted by atomic mass is 10.2. The number of aromatic nitrogens is 1. The Morgan fingerprint density at radius 3 is 3.06 bits per heavy atom. The maximum atomic E-state index is 11.1. The fourth-order valence-electron chi connectivity index (χ4n) is 1.22. The molecule has 0 unspecified atom stereocenters. The summed E-state index contributed by atoms with van der Waals surface area (Å²) in [7, 11) is 0. The number of nitrogens with zero attached hydrogens (tertiary/aromatic N) is 1. The third-order valence-electron chi connectivity index (χ3n) is 2.00. The van der Waals surface area contributed by atoms with E-state index in [2.05, 4.69) is 10.3 Å². The summed E-state index contributed by atoms with van der Waals surface area (Å²) in [4.78, 5) is 15.3. The van der Waals surface area contributed by atoms with Crippen LogP contribution in [0.3, 0.4) is 0 Å². The quantitative estimate of drug-likeness (QED) is 0.607. The Labute approximate surface area is 111 Å². The number of nitrogens with one attached hydrogen (secondary N) is 1. The average molecular weight is 270 g/mol. The molecule has 0 aliphatic carbocycles. The molecule has 0 bridgehead atoms. The number of carbonyl (C=O) groups excluding carboxylic acids is 1. The van der Waals surface area contributed by atoms with Crippen LogP contribution in [0.2, 0.25) is 5.02 Å². The van der Waals surface area contributed by atoms with E-state index in [-0.39, 0.29) is 5.97 Å². The zero-order valence-electron chi connectivity index (χ0n) is 10.1. The zero-order chi connectivity index (χ0) is 13.4. The first-order valence-corrected chi connectivity index (χ1v) is 5.99. The lowest BCUT2D eigenvalue weighted by Crippen LogP contribution is -2.14. The lowest BCUT2D eigenvalue weighted by Gasteiger charge is -2.06. The van der Waals surface area contributed by atoms with Crippen LogP contribution in [-0.4, -0.2) is 30.6 Å². The minimum absolute atomic E-state index is 0.351. The summed E-state index contributed by atoms with van der Waals surface area (Å²) in [6.07, 6.45) is 4.55. The van der Waals surface area contributed by atoms with Crippen LogP contribution < -0.4 is 11.1 Å². The molecule has 0 radical (unpaired) electrons. The van der Waals surface area contributed by atoms with Crippen molar-refractivity contribution in [2.45, 2.75) is 6.92 Å². The van der Waals surface area contributed by atoms with Gasteiger partial charge in [0.2, 0.25) is 0 Å². The van der Waals surface area contributed by atoms with Gasteiger partial charge < -0.3 is 15.8 Å². The molecule has 1 aromatic rings. The molecule has 0 saturated heterocycles. The number of esters is 1. The normalized spacial score (nSPS) is 10.6. The summed E-state index contributed by atoms with van der Waals surface area (Å²) in [5.41, 5.74) is 6.10. The van der Waals surface area contributed by atoms with Crippen molar-refractivity contribution in [3.63, 3.8) is 0 Å². The Morgan fingerprint density at radius 2 is 2.44 bits per heavy atom. The molecule has 18 heavy (non-hydrogen) atoms. The molecule has 1 heterocycles. The molecule has 0 fully saturated rings. The van der Waals surface area contributed by atoms with E-state index in [1.807, 2.05) is 0 Å². The highest BCUT2D eigenvalue weighted by atomic mass is 35.5. The molecule has 0 aliphatic heterocycles. The first-order valence-electron chi connectivity index (χ1n) is 5.61. The maximum Gasteiger partial charge on any atom is 0.330 e. The van der Waals surface area contributed by atoms with Gasteiger partial charge in [0, 0.05) is 25.4 Å². The molecule has 5 nitrogen and oxygen atoms in total. The minimum atomic E-state index is -0.390. The van der Waals surface area contributed by atoms with E-state index >= 15 is 0 Å². The van der Waals surface area contributed by atoms with Gasteiger partial charge in [-0.05, 0) is 24.6 Å². The van der Waals surface area contributed by atoms with Crippen molar-refractivity contribution in [1.29, 1.82) is 0 Å². The van der Waals surface area contributed by atoms with E-state index in [1.54, 1.807) is 25.3 Å². The Bertz CT molecular complexity index is 435. The first-order chi connectivity index (χ1) is 8.67. The van der Waals surface area contributed by atoms with Gasteiger partial charge in [0.25, 0.3) is 0 Å². The summed E-state index contributed by atoms with van der Waals surface area (Å²) < 4.78 is 4.77. The molecular formula is C12H16ClN3O2. The van der Waals surface area contributed by atoms with Crippen molar-refractivity contribution in [3.05, 3.63) is 28.9 Å². The van der Waals surface area contributed by atoms with Crippen molar-refractivity contribution in [3.8, 4) is 0 Å². The van der Waals surface area contributed by atoms with E-state index in [0.717, 1.165) is 5.56 Å². The summed E-state index contributed by atoms with van der Waals surface area (Å²) >= 11 is 6.03. The van der Waals surface area contributed by atoms with Crippen molar-refractivity contribution in [1.82, 2.24) is 4.98 Å². The average Bonchev–Trinajstić information content (AvgIpc) is 2.35. The van der Waals surface area contributed by atoms with Crippen LogP contribution in [0.25, 0.3) is 6.08 Å². The van der Waals surface area contributed by atoms with Gasteiger partial charge in [0.15, 0.2) is 0 Å². The second kappa shape index (κ2) is 7.68. The highest BCUT2D eigenvalue weighted by Crippen LogP contribution is 2.20. The van der Waals surface area contributed by atoms with E-state index < -0.39 is 0 Å². The van der Waals surface area contributed by atoms with E-state index in [1.165, 1.54) is 6.08 Å². The second-order valence-electron chi connectivity index (χ2n) is 3.40. The zero-order valence-corrected chi connectivity index (χ0v) is 10.9. The van der Waals surface area contributed by atoms with E-state index in [0.29, 0.717) is 30.5 Å². The van der Waals surface area contributed by atoms with Crippen molar-refractivity contribution in [2.24, 2.45) is 5.73 Å². The van der Waals surface area contributed by atoms with Crippen LogP contribution in [0.5, 0.6) is 0 Å². The molecule has 98 valence electrons. The van der Waals surface area contributed by atoms with Gasteiger partial charge in [0.05, 0.1) is 11.6 Å². The highest BCUT2D eigenvalue weighted by Gasteiger charge is 2.02. The monoisotopic (exact) mass is 269 g/mol. The van der Waals surface area contributed by atoms with Gasteiger partial charge in [0.1, 0.15) is 5.82 Å². The fraction of sp³-hybridized carbons (Fsp3) is 0.333. The molecule has 0 spiro atoms. The number of pyridine rings is 1. The van der Waals surface area contributed by atoms with Gasteiger partial charge in [-0.25, -0.2) is 9.78 Å². The van der Waals surface area contributed by atoms with Crippen LogP contribution in [0, 0.1) is 0 Å². The van der Waals surface area contributed by atoms with E-state index in [9.17, 15) is 4.79 Å². The predicted octanol–water partition coefficient (Wildman–Crippen LogP) is 1.68. The van der Waals surface area contributed by atoms with E-state index in [4.69, 9.17) is 22.1 Å². The third kappa shape index (κ3) is 4.73. The van der Waals surface area contributed by atoms with Gasteiger partial charge in [-0.3, -0.25) is 0 Å². The van der Waals surface area contributed by atoms with Gasteiger partial charge in [-0.15, -0.1) is 0 Å². The Hall–Kier alpha value is -1.59. The standard InChI is InChI=1S/C12H16ClN3O2/c1-2-18-11(17)4-3-9-7-10(13)12(16-8-9)15-6-5-14/h3-4,7-8H,2,5-6,14H2,1H3,(H,15,16). The molecule has 1 aromatic heterocycles. The fourth-order valence-corrected chi connectivity index (χ4v) is 1.46. The number of hydrogen-bond acceptors (Lipinski definition) is 5. The Kier molecular flexibility index (Phi) is 6.18. The number of carbonyl (C=O) groups is 1. The number of anilines is 1. The molecule has 0 amide bonds. The minimum Gasteiger partial charge on any atom is -0.463 e. The number of hydrogen-bond donors (Lipinski definition) is 2. The van der Waals surface area contributed by atoms with Crippen LogP contribution in [-0.2, 0) is 9.53 Å². The molecule has 0 atom stereocenters. The molecule has 0 aliphatic rings.